The second-order valence-corrected chi connectivity index (χ2v) is 3.82. The fourth-order valence-corrected chi connectivity index (χ4v) is 1.70. The molecule has 1 amide bonds. The second-order valence-electron chi connectivity index (χ2n) is 3.82. The van der Waals surface area contributed by atoms with Crippen molar-refractivity contribution in [3.63, 3.8) is 0 Å². The monoisotopic (exact) mass is 257 g/mol. The highest BCUT2D eigenvalue weighted by Gasteiger charge is 2.17. The van der Waals surface area contributed by atoms with Crippen LogP contribution in [0.3, 0.4) is 0 Å². The van der Waals surface area contributed by atoms with Crippen LogP contribution in [0.5, 0.6) is 0 Å². The van der Waals surface area contributed by atoms with E-state index in [0.29, 0.717) is 5.69 Å². The number of para-hydroxylation sites is 1. The van der Waals surface area contributed by atoms with Crippen molar-refractivity contribution >= 4 is 23.1 Å². The number of hydrogen-bond acceptors (Lipinski definition) is 4. The molecule has 96 valence electrons. The van der Waals surface area contributed by atoms with E-state index in [0.717, 1.165) is 0 Å². The van der Waals surface area contributed by atoms with Gasteiger partial charge in [0.25, 0.3) is 5.69 Å². The molecule has 1 heterocycles. The minimum absolute atomic E-state index is 0.104. The Hall–Kier alpha value is -2.76. The maximum atomic E-state index is 11.7. The van der Waals surface area contributed by atoms with E-state index >= 15 is 0 Å². The molecule has 0 saturated heterocycles. The van der Waals surface area contributed by atoms with E-state index in [1.165, 1.54) is 30.2 Å². The van der Waals surface area contributed by atoms with Gasteiger partial charge in [-0.1, -0.05) is 18.2 Å². The van der Waals surface area contributed by atoms with Crippen LogP contribution in [0.25, 0.3) is 0 Å². The van der Waals surface area contributed by atoms with Crippen LogP contribution in [0, 0.1) is 10.1 Å². The van der Waals surface area contributed by atoms with Gasteiger partial charge in [-0.3, -0.25) is 19.8 Å². The molecular formula is C13H11N3O3. The minimum atomic E-state index is -0.519. The van der Waals surface area contributed by atoms with Gasteiger partial charge < -0.3 is 0 Å². The number of benzene rings is 1. The third kappa shape index (κ3) is 2.74. The maximum Gasteiger partial charge on any atom is 0.274 e. The summed E-state index contributed by atoms with van der Waals surface area (Å²) in [5, 5.41) is 10.8. The van der Waals surface area contributed by atoms with Gasteiger partial charge in [0.2, 0.25) is 5.91 Å². The van der Waals surface area contributed by atoms with Gasteiger partial charge in [0, 0.05) is 19.2 Å². The Kier molecular flexibility index (Phi) is 3.51. The predicted octanol–water partition coefficient (Wildman–Crippen LogP) is 2.67. The van der Waals surface area contributed by atoms with Crippen molar-refractivity contribution in [2.24, 2.45) is 0 Å². The van der Waals surface area contributed by atoms with E-state index in [1.807, 2.05) is 6.07 Å². The zero-order chi connectivity index (χ0) is 13.8. The molecule has 0 bridgehead atoms. The predicted molar refractivity (Wildman–Crippen MR) is 70.2 cm³/mol. The van der Waals surface area contributed by atoms with Gasteiger partial charge in [0.1, 0.15) is 5.82 Å². The number of pyridine rings is 1. The molecule has 0 saturated carbocycles. The fourth-order valence-electron chi connectivity index (χ4n) is 1.70. The molecule has 0 aliphatic heterocycles. The molecular weight excluding hydrogens is 246 g/mol. The zero-order valence-corrected chi connectivity index (χ0v) is 10.2. The summed E-state index contributed by atoms with van der Waals surface area (Å²) in [6, 6.07) is 11.4. The van der Waals surface area contributed by atoms with Crippen LogP contribution in [0.1, 0.15) is 6.92 Å². The van der Waals surface area contributed by atoms with E-state index in [1.54, 1.807) is 24.3 Å². The summed E-state index contributed by atoms with van der Waals surface area (Å²) in [5.74, 6) is -0.0351. The summed E-state index contributed by atoms with van der Waals surface area (Å²) in [7, 11) is 0. The Labute approximate surface area is 109 Å². The number of rotatable bonds is 3. The highest BCUT2D eigenvalue weighted by molar-refractivity contribution is 5.98. The number of aromatic nitrogens is 1. The third-order valence-electron chi connectivity index (χ3n) is 2.50. The molecule has 0 aliphatic carbocycles. The average Bonchev–Trinajstić information content (AvgIpc) is 2.40. The van der Waals surface area contributed by atoms with Crippen LogP contribution >= 0.6 is 0 Å². The van der Waals surface area contributed by atoms with Crippen molar-refractivity contribution in [2.45, 2.75) is 6.92 Å². The first-order chi connectivity index (χ1) is 9.09. The van der Waals surface area contributed by atoms with Crippen LogP contribution in [-0.2, 0) is 4.79 Å². The van der Waals surface area contributed by atoms with Crippen LogP contribution in [0.15, 0.2) is 48.7 Å². The van der Waals surface area contributed by atoms with Crippen molar-refractivity contribution in [3.05, 3.63) is 58.8 Å². The van der Waals surface area contributed by atoms with Gasteiger partial charge in [0.15, 0.2) is 0 Å². The minimum Gasteiger partial charge on any atom is -0.274 e. The molecule has 1 aromatic carbocycles. The summed E-state index contributed by atoms with van der Waals surface area (Å²) >= 11 is 0. The molecule has 0 unspecified atom stereocenters. The maximum absolute atomic E-state index is 11.7. The van der Waals surface area contributed by atoms with E-state index in [4.69, 9.17) is 0 Å². The standard InChI is InChI=1S/C13H11N3O3/c1-10(17)15(11-5-3-2-4-6-11)13-9-12(16(18)19)7-8-14-13/h2-9H,1H3. The van der Waals surface area contributed by atoms with E-state index in [9.17, 15) is 14.9 Å². The lowest BCUT2D eigenvalue weighted by Gasteiger charge is -2.19. The van der Waals surface area contributed by atoms with Gasteiger partial charge >= 0.3 is 0 Å². The Morgan fingerprint density at radius 3 is 2.53 bits per heavy atom. The lowest BCUT2D eigenvalue weighted by Crippen LogP contribution is -2.23. The lowest BCUT2D eigenvalue weighted by molar-refractivity contribution is -0.384. The first-order valence-electron chi connectivity index (χ1n) is 5.56. The van der Waals surface area contributed by atoms with E-state index in [2.05, 4.69) is 4.98 Å². The average molecular weight is 257 g/mol. The Bertz CT molecular complexity index is 614. The molecule has 0 spiro atoms. The van der Waals surface area contributed by atoms with Crippen molar-refractivity contribution < 1.29 is 9.72 Å². The quantitative estimate of drug-likeness (QED) is 0.625. The SMILES string of the molecule is CC(=O)N(c1ccccc1)c1cc([N+](=O)[O-])ccn1. The van der Waals surface area contributed by atoms with E-state index < -0.39 is 4.92 Å². The first-order valence-corrected chi connectivity index (χ1v) is 5.56. The summed E-state index contributed by atoms with van der Waals surface area (Å²) in [6.07, 6.45) is 1.31. The number of carbonyl (C=O) groups excluding carboxylic acids is 1. The lowest BCUT2D eigenvalue weighted by atomic mass is 10.2. The molecule has 2 rings (SSSR count). The fraction of sp³-hybridized carbons (Fsp3) is 0.0769. The van der Waals surface area contributed by atoms with Crippen molar-refractivity contribution in [1.29, 1.82) is 0 Å². The van der Waals surface area contributed by atoms with Crippen molar-refractivity contribution in [2.75, 3.05) is 4.90 Å². The number of anilines is 2. The molecule has 0 N–H and O–H groups in total. The molecule has 6 heteroatoms. The summed E-state index contributed by atoms with van der Waals surface area (Å²) in [6.45, 7) is 1.38. The summed E-state index contributed by atoms with van der Waals surface area (Å²) in [5.41, 5.74) is 0.509. The topological polar surface area (TPSA) is 76.3 Å². The van der Waals surface area contributed by atoms with Crippen molar-refractivity contribution in [3.8, 4) is 0 Å². The molecule has 0 aliphatic rings. The number of nitrogens with zero attached hydrogens (tertiary/aromatic N) is 3. The molecule has 6 nitrogen and oxygen atoms in total. The second kappa shape index (κ2) is 5.26. The first kappa shape index (κ1) is 12.7. The number of hydrogen-bond donors (Lipinski definition) is 0. The molecule has 0 atom stereocenters. The van der Waals surface area contributed by atoms with Gasteiger partial charge in [-0.05, 0) is 12.1 Å². The smallest absolute Gasteiger partial charge is 0.274 e. The van der Waals surface area contributed by atoms with E-state index in [-0.39, 0.29) is 17.4 Å². The van der Waals surface area contributed by atoms with Crippen LogP contribution < -0.4 is 4.90 Å². The van der Waals surface area contributed by atoms with Crippen LogP contribution in [0.4, 0.5) is 17.2 Å². The summed E-state index contributed by atoms with van der Waals surface area (Å²) in [4.78, 5) is 27.3. The van der Waals surface area contributed by atoms with Gasteiger partial charge in [-0.25, -0.2) is 4.98 Å². The molecule has 2 aromatic rings. The summed E-state index contributed by atoms with van der Waals surface area (Å²) < 4.78 is 0. The molecule has 0 fully saturated rings. The number of amides is 1. The number of carbonyl (C=O) groups is 1. The molecule has 0 radical (unpaired) electrons. The molecule has 19 heavy (non-hydrogen) atoms. The van der Waals surface area contributed by atoms with Crippen molar-refractivity contribution in [1.82, 2.24) is 4.98 Å². The Balaban J connectivity index is 2.49. The normalized spacial score (nSPS) is 9.95. The van der Waals surface area contributed by atoms with Gasteiger partial charge in [-0.2, -0.15) is 0 Å². The zero-order valence-electron chi connectivity index (χ0n) is 10.2. The Morgan fingerprint density at radius 2 is 1.95 bits per heavy atom. The van der Waals surface area contributed by atoms with Crippen LogP contribution in [0.2, 0.25) is 0 Å². The Morgan fingerprint density at radius 1 is 1.26 bits per heavy atom. The third-order valence-corrected chi connectivity index (χ3v) is 2.50. The molecule has 1 aromatic heterocycles. The van der Waals surface area contributed by atoms with Crippen LogP contribution in [-0.4, -0.2) is 15.8 Å². The number of nitro groups is 1. The van der Waals surface area contributed by atoms with Gasteiger partial charge in [0.05, 0.1) is 16.7 Å². The highest BCUT2D eigenvalue weighted by Crippen LogP contribution is 2.26. The highest BCUT2D eigenvalue weighted by atomic mass is 16.6. The van der Waals surface area contributed by atoms with Gasteiger partial charge in [-0.15, -0.1) is 0 Å². The largest absolute Gasteiger partial charge is 0.274 e.